The molecule has 0 radical (unpaired) electrons. The molecule has 1 N–H and O–H groups in total. The molecule has 0 fully saturated rings. The summed E-state index contributed by atoms with van der Waals surface area (Å²) in [6, 6.07) is 5.49. The van der Waals surface area contributed by atoms with Crippen molar-refractivity contribution in [3.8, 4) is 11.5 Å². The molecule has 0 saturated carbocycles. The SMILES string of the molecule is COc1cc(CN2CCc3nnc([C@H](NS(C)(=O)=O)C(C)C)n3CC2)cc(OC)c1. The summed E-state index contributed by atoms with van der Waals surface area (Å²) in [6.45, 7) is 7.06. The van der Waals surface area contributed by atoms with E-state index in [2.05, 4.69) is 24.4 Å². The molecule has 1 aliphatic rings. The molecule has 0 unspecified atom stereocenters. The lowest BCUT2D eigenvalue weighted by molar-refractivity contribution is 0.268. The first kappa shape index (κ1) is 22.5. The van der Waals surface area contributed by atoms with Crippen molar-refractivity contribution >= 4 is 10.0 Å². The highest BCUT2D eigenvalue weighted by molar-refractivity contribution is 7.88. The minimum Gasteiger partial charge on any atom is -0.497 e. The molecule has 1 atom stereocenters. The fraction of sp³-hybridized carbons (Fsp3) is 0.600. The predicted molar refractivity (Wildman–Crippen MR) is 114 cm³/mol. The van der Waals surface area contributed by atoms with Crippen LogP contribution in [-0.4, -0.2) is 61.6 Å². The Bertz CT molecular complexity index is 951. The van der Waals surface area contributed by atoms with Crippen LogP contribution in [0.2, 0.25) is 0 Å². The summed E-state index contributed by atoms with van der Waals surface area (Å²) in [5, 5.41) is 8.69. The van der Waals surface area contributed by atoms with Crippen molar-refractivity contribution in [1.82, 2.24) is 24.4 Å². The van der Waals surface area contributed by atoms with E-state index in [1.54, 1.807) is 14.2 Å². The van der Waals surface area contributed by atoms with Crippen molar-refractivity contribution in [2.24, 2.45) is 5.92 Å². The first-order valence-electron chi connectivity index (χ1n) is 10.0. The number of fused-ring (bicyclic) bond motifs is 1. The second-order valence-electron chi connectivity index (χ2n) is 7.98. The highest BCUT2D eigenvalue weighted by Crippen LogP contribution is 2.25. The van der Waals surface area contributed by atoms with E-state index in [9.17, 15) is 8.42 Å². The number of rotatable bonds is 8. The minimum atomic E-state index is -3.36. The van der Waals surface area contributed by atoms with Gasteiger partial charge >= 0.3 is 0 Å². The van der Waals surface area contributed by atoms with Crippen molar-refractivity contribution in [1.29, 1.82) is 0 Å². The molecule has 3 rings (SSSR count). The van der Waals surface area contributed by atoms with E-state index in [0.29, 0.717) is 12.4 Å². The number of benzene rings is 1. The van der Waals surface area contributed by atoms with Crippen LogP contribution in [0.25, 0.3) is 0 Å². The van der Waals surface area contributed by atoms with Crippen molar-refractivity contribution in [2.45, 2.75) is 39.4 Å². The van der Waals surface area contributed by atoms with Crippen LogP contribution in [-0.2, 0) is 29.5 Å². The standard InChI is InChI=1S/C20H31N5O4S/c1-14(2)19(23-30(5,26)27)20-22-21-18-6-7-24(8-9-25(18)20)13-15-10-16(28-3)12-17(11-15)29-4/h10-12,14,19,23H,6-9,13H2,1-5H3/t19-/m1/s1. The van der Waals surface area contributed by atoms with E-state index in [1.165, 1.54) is 6.26 Å². The zero-order valence-electron chi connectivity index (χ0n) is 18.3. The topological polar surface area (TPSA) is 98.6 Å². The predicted octanol–water partition coefficient (Wildman–Crippen LogP) is 1.60. The van der Waals surface area contributed by atoms with Crippen LogP contribution in [0.3, 0.4) is 0 Å². The summed E-state index contributed by atoms with van der Waals surface area (Å²) >= 11 is 0. The number of nitrogens with zero attached hydrogens (tertiary/aromatic N) is 4. The van der Waals surface area contributed by atoms with Crippen molar-refractivity contribution < 1.29 is 17.9 Å². The van der Waals surface area contributed by atoms with Gasteiger partial charge in [0, 0.05) is 38.7 Å². The third-order valence-corrected chi connectivity index (χ3v) is 5.93. The van der Waals surface area contributed by atoms with Gasteiger partial charge in [-0.2, -0.15) is 0 Å². The molecular weight excluding hydrogens is 406 g/mol. The summed E-state index contributed by atoms with van der Waals surface area (Å²) in [6.07, 6.45) is 1.92. The third kappa shape index (κ3) is 5.50. The maximum Gasteiger partial charge on any atom is 0.209 e. The fourth-order valence-corrected chi connectivity index (χ4v) is 4.55. The van der Waals surface area contributed by atoms with Crippen LogP contribution < -0.4 is 14.2 Å². The molecule has 9 nitrogen and oxygen atoms in total. The summed E-state index contributed by atoms with van der Waals surface area (Å²) < 4.78 is 39.2. The Morgan fingerprint density at radius 1 is 1.07 bits per heavy atom. The number of sulfonamides is 1. The molecule has 0 saturated heterocycles. The van der Waals surface area contributed by atoms with Crippen LogP contribution in [0.4, 0.5) is 0 Å². The minimum absolute atomic E-state index is 0.0524. The smallest absolute Gasteiger partial charge is 0.209 e. The quantitative estimate of drug-likeness (QED) is 0.670. The van der Waals surface area contributed by atoms with Crippen LogP contribution >= 0.6 is 0 Å². The molecule has 0 aliphatic carbocycles. The number of nitrogens with one attached hydrogen (secondary N) is 1. The van der Waals surface area contributed by atoms with Crippen LogP contribution in [0.5, 0.6) is 11.5 Å². The van der Waals surface area contributed by atoms with Gasteiger partial charge in [0.1, 0.15) is 17.3 Å². The Morgan fingerprint density at radius 2 is 1.73 bits per heavy atom. The Hall–Kier alpha value is -2.17. The largest absolute Gasteiger partial charge is 0.497 e. The molecule has 1 aromatic heterocycles. The average molecular weight is 438 g/mol. The average Bonchev–Trinajstić information content (AvgIpc) is 2.99. The van der Waals surface area contributed by atoms with Gasteiger partial charge in [-0.25, -0.2) is 13.1 Å². The van der Waals surface area contributed by atoms with Gasteiger partial charge < -0.3 is 14.0 Å². The number of methoxy groups -OCH3 is 2. The molecule has 1 aliphatic heterocycles. The zero-order chi connectivity index (χ0) is 21.9. The summed E-state index contributed by atoms with van der Waals surface area (Å²) in [7, 11) is -0.0671. The van der Waals surface area contributed by atoms with E-state index >= 15 is 0 Å². The molecule has 0 spiro atoms. The summed E-state index contributed by atoms with van der Waals surface area (Å²) in [5.74, 6) is 3.15. The van der Waals surface area contributed by atoms with E-state index in [4.69, 9.17) is 9.47 Å². The molecule has 1 aromatic carbocycles. The number of ether oxygens (including phenoxy) is 2. The van der Waals surface area contributed by atoms with Gasteiger partial charge in [0.05, 0.1) is 26.5 Å². The van der Waals surface area contributed by atoms with Crippen LogP contribution in [0, 0.1) is 5.92 Å². The maximum absolute atomic E-state index is 11.8. The molecule has 2 aromatic rings. The monoisotopic (exact) mass is 437 g/mol. The lowest BCUT2D eigenvalue weighted by Crippen LogP contribution is -2.33. The summed E-state index contributed by atoms with van der Waals surface area (Å²) in [5.41, 5.74) is 1.11. The molecule has 2 heterocycles. The van der Waals surface area contributed by atoms with Gasteiger partial charge in [-0.05, 0) is 23.6 Å². The molecule has 0 bridgehead atoms. The maximum atomic E-state index is 11.8. The lowest BCUT2D eigenvalue weighted by Gasteiger charge is -2.23. The van der Waals surface area contributed by atoms with Crippen LogP contribution in [0.1, 0.15) is 37.1 Å². The molecular formula is C20H31N5O4S. The number of aromatic nitrogens is 3. The highest BCUT2D eigenvalue weighted by atomic mass is 32.2. The van der Waals surface area contributed by atoms with Gasteiger partial charge in [0.15, 0.2) is 5.82 Å². The fourth-order valence-electron chi connectivity index (χ4n) is 3.71. The number of hydrogen-bond donors (Lipinski definition) is 1. The van der Waals surface area contributed by atoms with Gasteiger partial charge in [-0.3, -0.25) is 4.90 Å². The van der Waals surface area contributed by atoms with Crippen molar-refractivity contribution in [2.75, 3.05) is 33.6 Å². The molecule has 166 valence electrons. The van der Waals surface area contributed by atoms with Gasteiger partial charge in [-0.15, -0.1) is 10.2 Å². The van der Waals surface area contributed by atoms with E-state index in [1.807, 2.05) is 32.0 Å². The third-order valence-electron chi connectivity index (χ3n) is 5.25. The zero-order valence-corrected chi connectivity index (χ0v) is 19.1. The normalized spacial score (nSPS) is 16.2. The van der Waals surface area contributed by atoms with Crippen molar-refractivity contribution in [3.63, 3.8) is 0 Å². The Morgan fingerprint density at radius 3 is 2.30 bits per heavy atom. The second kappa shape index (κ2) is 9.32. The Labute approximate surface area is 178 Å². The van der Waals surface area contributed by atoms with Gasteiger partial charge in [-0.1, -0.05) is 13.8 Å². The second-order valence-corrected chi connectivity index (χ2v) is 9.76. The highest BCUT2D eigenvalue weighted by Gasteiger charge is 2.28. The Kier molecular flexibility index (Phi) is 6.99. The molecule has 10 heteroatoms. The summed E-state index contributed by atoms with van der Waals surface area (Å²) in [4.78, 5) is 2.35. The first-order chi connectivity index (χ1) is 14.2. The van der Waals surface area contributed by atoms with Crippen molar-refractivity contribution in [3.05, 3.63) is 35.4 Å². The molecule has 30 heavy (non-hydrogen) atoms. The lowest BCUT2D eigenvalue weighted by atomic mass is 10.1. The Balaban J connectivity index is 1.77. The van der Waals surface area contributed by atoms with E-state index in [0.717, 1.165) is 48.9 Å². The first-order valence-corrected chi connectivity index (χ1v) is 11.9. The van der Waals surface area contributed by atoms with Gasteiger partial charge in [0.2, 0.25) is 10.0 Å². The van der Waals surface area contributed by atoms with E-state index < -0.39 is 16.1 Å². The molecule has 0 amide bonds. The van der Waals surface area contributed by atoms with Gasteiger partial charge in [0.25, 0.3) is 0 Å². The number of hydrogen-bond acceptors (Lipinski definition) is 7. The van der Waals surface area contributed by atoms with Crippen LogP contribution in [0.15, 0.2) is 18.2 Å². The van der Waals surface area contributed by atoms with E-state index in [-0.39, 0.29) is 5.92 Å².